The van der Waals surface area contributed by atoms with Crippen molar-refractivity contribution in [3.8, 4) is 5.75 Å². The van der Waals surface area contributed by atoms with E-state index in [1.54, 1.807) is 7.11 Å². The highest BCUT2D eigenvalue weighted by atomic mass is 16.5. The fourth-order valence-electron chi connectivity index (χ4n) is 2.62. The lowest BCUT2D eigenvalue weighted by molar-refractivity contribution is 0.178. The van der Waals surface area contributed by atoms with E-state index in [2.05, 4.69) is 37.7 Å². The molecule has 1 aliphatic heterocycles. The maximum atomic E-state index is 6.23. The van der Waals surface area contributed by atoms with Gasteiger partial charge in [0.15, 0.2) is 11.6 Å². The van der Waals surface area contributed by atoms with Gasteiger partial charge in [-0.05, 0) is 24.7 Å². The molecule has 1 aromatic heterocycles. The van der Waals surface area contributed by atoms with Crippen molar-refractivity contribution in [2.45, 2.75) is 6.54 Å². The highest BCUT2D eigenvalue weighted by molar-refractivity contribution is 5.73. The average Bonchev–Trinajstić information content (AvgIpc) is 2.64. The normalized spacial score (nSPS) is 15.8. The van der Waals surface area contributed by atoms with Crippen molar-refractivity contribution in [2.75, 3.05) is 56.8 Å². The van der Waals surface area contributed by atoms with E-state index < -0.39 is 0 Å². The zero-order chi connectivity index (χ0) is 17.6. The van der Waals surface area contributed by atoms with E-state index in [4.69, 9.17) is 10.5 Å². The number of hydrogen-bond acceptors (Lipinski definition) is 8. The first-order valence-corrected chi connectivity index (χ1v) is 8.33. The minimum atomic E-state index is 0.523. The quantitative estimate of drug-likeness (QED) is 0.722. The number of ether oxygens (including phenoxy) is 1. The van der Waals surface area contributed by atoms with Gasteiger partial charge in [0.2, 0.25) is 0 Å². The van der Waals surface area contributed by atoms with Gasteiger partial charge in [-0.1, -0.05) is 12.1 Å². The van der Waals surface area contributed by atoms with E-state index >= 15 is 0 Å². The molecule has 0 bridgehead atoms. The average molecular weight is 343 g/mol. The third-order valence-corrected chi connectivity index (χ3v) is 4.27. The molecule has 4 N–H and O–H groups in total. The predicted octanol–water partition coefficient (Wildman–Crippen LogP) is 1.25. The molecule has 0 saturated carbocycles. The number of methoxy groups -OCH3 is 1. The van der Waals surface area contributed by atoms with Gasteiger partial charge in [0.05, 0.1) is 7.11 Å². The van der Waals surface area contributed by atoms with Crippen LogP contribution < -0.4 is 21.2 Å². The van der Waals surface area contributed by atoms with Crippen LogP contribution in [-0.2, 0) is 6.54 Å². The van der Waals surface area contributed by atoms with E-state index in [0.29, 0.717) is 23.9 Å². The standard InChI is InChI=1S/C17H25N7O/c1-23-7-9-24(10-8-23)22-17-15(18)16(20-12-21-17)19-11-13-3-5-14(25-2)6-4-13/h3-6,12H,7-11,18H2,1-2H3,(H2,19,20,21,22). The molecule has 8 nitrogen and oxygen atoms in total. The third-order valence-electron chi connectivity index (χ3n) is 4.27. The van der Waals surface area contributed by atoms with Gasteiger partial charge < -0.3 is 26.1 Å². The van der Waals surface area contributed by atoms with Crippen LogP contribution in [0, 0.1) is 0 Å². The Bertz CT molecular complexity index is 684. The summed E-state index contributed by atoms with van der Waals surface area (Å²) in [5, 5.41) is 5.40. The van der Waals surface area contributed by atoms with E-state index in [-0.39, 0.29) is 0 Å². The maximum absolute atomic E-state index is 6.23. The lowest BCUT2D eigenvalue weighted by atomic mass is 10.2. The number of hydrazine groups is 1. The van der Waals surface area contributed by atoms with Crippen LogP contribution in [0.4, 0.5) is 17.3 Å². The number of aromatic nitrogens is 2. The van der Waals surface area contributed by atoms with Gasteiger partial charge in [-0.3, -0.25) is 0 Å². The number of nitrogens with zero attached hydrogens (tertiary/aromatic N) is 4. The Morgan fingerprint density at radius 2 is 1.76 bits per heavy atom. The minimum Gasteiger partial charge on any atom is -0.497 e. The summed E-state index contributed by atoms with van der Waals surface area (Å²) in [4.78, 5) is 10.8. The summed E-state index contributed by atoms with van der Waals surface area (Å²) in [5.74, 6) is 2.10. The van der Waals surface area contributed by atoms with Crippen molar-refractivity contribution in [3.63, 3.8) is 0 Å². The zero-order valence-corrected chi connectivity index (χ0v) is 14.7. The Morgan fingerprint density at radius 1 is 1.08 bits per heavy atom. The molecular formula is C17H25N7O. The van der Waals surface area contributed by atoms with Crippen LogP contribution in [0.2, 0.25) is 0 Å². The van der Waals surface area contributed by atoms with Crippen molar-refractivity contribution in [1.29, 1.82) is 0 Å². The minimum absolute atomic E-state index is 0.523. The molecule has 25 heavy (non-hydrogen) atoms. The van der Waals surface area contributed by atoms with Crippen LogP contribution in [0.3, 0.4) is 0 Å². The number of benzene rings is 1. The number of piperazine rings is 1. The Balaban J connectivity index is 1.62. The maximum Gasteiger partial charge on any atom is 0.169 e. The predicted molar refractivity (Wildman–Crippen MR) is 99.5 cm³/mol. The highest BCUT2D eigenvalue weighted by Crippen LogP contribution is 2.24. The largest absolute Gasteiger partial charge is 0.497 e. The molecule has 8 heteroatoms. The van der Waals surface area contributed by atoms with Crippen molar-refractivity contribution >= 4 is 17.3 Å². The molecule has 2 heterocycles. The van der Waals surface area contributed by atoms with Gasteiger partial charge in [0.1, 0.15) is 17.8 Å². The summed E-state index contributed by atoms with van der Waals surface area (Å²) in [6.07, 6.45) is 1.52. The number of nitrogens with one attached hydrogen (secondary N) is 2. The van der Waals surface area contributed by atoms with Crippen LogP contribution in [0.5, 0.6) is 5.75 Å². The molecule has 2 aromatic rings. The van der Waals surface area contributed by atoms with Crippen LogP contribution in [-0.4, -0.2) is 60.2 Å². The van der Waals surface area contributed by atoms with E-state index in [1.807, 2.05) is 24.3 Å². The lowest BCUT2D eigenvalue weighted by Crippen LogP contribution is -2.47. The summed E-state index contributed by atoms with van der Waals surface area (Å²) in [6.45, 7) is 4.50. The van der Waals surface area contributed by atoms with Gasteiger partial charge in [-0.15, -0.1) is 0 Å². The number of nitrogen functional groups attached to an aromatic ring is 1. The summed E-state index contributed by atoms with van der Waals surface area (Å²) in [6, 6.07) is 7.88. The van der Waals surface area contributed by atoms with Crippen LogP contribution >= 0.6 is 0 Å². The monoisotopic (exact) mass is 343 g/mol. The molecule has 1 aromatic carbocycles. The van der Waals surface area contributed by atoms with Gasteiger partial charge in [-0.2, -0.15) is 0 Å². The summed E-state index contributed by atoms with van der Waals surface area (Å²) < 4.78 is 5.17. The molecule has 0 unspecified atom stereocenters. The molecule has 0 aliphatic carbocycles. The Hall–Kier alpha value is -2.58. The molecule has 0 spiro atoms. The number of anilines is 3. The molecule has 3 rings (SSSR count). The summed E-state index contributed by atoms with van der Waals surface area (Å²) in [7, 11) is 3.78. The first kappa shape index (κ1) is 17.2. The summed E-state index contributed by atoms with van der Waals surface area (Å²) in [5.41, 5.74) is 11.2. The Labute approximate surface area is 148 Å². The lowest BCUT2D eigenvalue weighted by Gasteiger charge is -2.32. The summed E-state index contributed by atoms with van der Waals surface area (Å²) >= 11 is 0. The number of hydrogen-bond donors (Lipinski definition) is 3. The fourth-order valence-corrected chi connectivity index (χ4v) is 2.62. The Morgan fingerprint density at radius 3 is 2.44 bits per heavy atom. The van der Waals surface area contributed by atoms with Crippen LogP contribution in [0.25, 0.3) is 0 Å². The second-order valence-corrected chi connectivity index (χ2v) is 6.09. The Kier molecular flexibility index (Phi) is 5.52. The van der Waals surface area contributed by atoms with E-state index in [1.165, 1.54) is 6.33 Å². The topological polar surface area (TPSA) is 91.6 Å². The van der Waals surface area contributed by atoms with Crippen LogP contribution in [0.1, 0.15) is 5.56 Å². The molecular weight excluding hydrogens is 318 g/mol. The second kappa shape index (κ2) is 8.00. The molecule has 1 fully saturated rings. The molecule has 1 saturated heterocycles. The number of rotatable bonds is 6. The van der Waals surface area contributed by atoms with Crippen molar-refractivity contribution in [1.82, 2.24) is 19.9 Å². The first-order valence-electron chi connectivity index (χ1n) is 8.33. The number of nitrogens with two attached hydrogens (primary N) is 1. The van der Waals surface area contributed by atoms with Gasteiger partial charge in [0, 0.05) is 32.7 Å². The SMILES string of the molecule is COc1ccc(CNc2ncnc(NN3CCN(C)CC3)c2N)cc1. The molecule has 0 amide bonds. The molecule has 134 valence electrons. The van der Waals surface area contributed by atoms with Crippen LogP contribution in [0.15, 0.2) is 30.6 Å². The first-order chi connectivity index (χ1) is 12.2. The van der Waals surface area contributed by atoms with Gasteiger partial charge in [0.25, 0.3) is 0 Å². The smallest absolute Gasteiger partial charge is 0.169 e. The third kappa shape index (κ3) is 4.49. The second-order valence-electron chi connectivity index (χ2n) is 6.09. The van der Waals surface area contributed by atoms with Crippen molar-refractivity contribution in [3.05, 3.63) is 36.2 Å². The van der Waals surface area contributed by atoms with E-state index in [0.717, 1.165) is 37.5 Å². The van der Waals surface area contributed by atoms with E-state index in [9.17, 15) is 0 Å². The molecule has 0 atom stereocenters. The molecule has 1 aliphatic rings. The highest BCUT2D eigenvalue weighted by Gasteiger charge is 2.16. The van der Waals surface area contributed by atoms with Gasteiger partial charge in [-0.25, -0.2) is 15.0 Å². The zero-order valence-electron chi connectivity index (χ0n) is 14.7. The fraction of sp³-hybridized carbons (Fsp3) is 0.412. The molecule has 0 radical (unpaired) electrons. The van der Waals surface area contributed by atoms with Crippen molar-refractivity contribution in [2.24, 2.45) is 0 Å². The number of likely N-dealkylation sites (N-methyl/N-ethyl adjacent to an activating group) is 1. The van der Waals surface area contributed by atoms with Crippen molar-refractivity contribution < 1.29 is 4.74 Å². The van der Waals surface area contributed by atoms with Gasteiger partial charge >= 0.3 is 0 Å².